The number of H-pyrrole nitrogens is 1. The Kier molecular flexibility index (Phi) is 3.10. The molecule has 1 heterocycles. The molecule has 4 heteroatoms. The average Bonchev–Trinajstić information content (AvgIpc) is 3.21. The first kappa shape index (κ1) is 11.8. The van der Waals surface area contributed by atoms with Crippen molar-refractivity contribution in [2.75, 3.05) is 18.0 Å². The SMILES string of the molecule is CCCN(CC1CC1)c1cc(=O)[nH]c(C2CC2)n1. The number of aromatic nitrogens is 2. The molecule has 0 aliphatic heterocycles. The highest BCUT2D eigenvalue weighted by molar-refractivity contribution is 5.38. The molecule has 1 aromatic rings. The summed E-state index contributed by atoms with van der Waals surface area (Å²) in [6.07, 6.45) is 6.10. The Morgan fingerprint density at radius 2 is 2.17 bits per heavy atom. The molecule has 0 saturated heterocycles. The second kappa shape index (κ2) is 4.75. The first-order valence-electron chi connectivity index (χ1n) is 7.12. The number of aromatic amines is 1. The Morgan fingerprint density at radius 3 is 2.78 bits per heavy atom. The predicted octanol–water partition coefficient (Wildman–Crippen LogP) is 2.27. The fourth-order valence-corrected chi connectivity index (χ4v) is 2.36. The molecule has 1 aromatic heterocycles. The number of hydrogen-bond donors (Lipinski definition) is 1. The zero-order valence-electron chi connectivity index (χ0n) is 11.0. The summed E-state index contributed by atoms with van der Waals surface area (Å²) in [5.74, 6) is 3.10. The summed E-state index contributed by atoms with van der Waals surface area (Å²) < 4.78 is 0. The number of rotatable bonds is 6. The highest BCUT2D eigenvalue weighted by Crippen LogP contribution is 2.38. The van der Waals surface area contributed by atoms with Gasteiger partial charge in [-0.05, 0) is 38.0 Å². The molecule has 2 aliphatic rings. The van der Waals surface area contributed by atoms with Crippen LogP contribution in [0.15, 0.2) is 10.9 Å². The number of anilines is 1. The smallest absolute Gasteiger partial charge is 0.252 e. The van der Waals surface area contributed by atoms with Gasteiger partial charge in [-0.3, -0.25) is 4.79 Å². The molecule has 0 amide bonds. The van der Waals surface area contributed by atoms with E-state index in [9.17, 15) is 4.79 Å². The molecule has 4 nitrogen and oxygen atoms in total. The van der Waals surface area contributed by atoms with Crippen molar-refractivity contribution < 1.29 is 0 Å². The van der Waals surface area contributed by atoms with Gasteiger partial charge >= 0.3 is 0 Å². The Balaban J connectivity index is 1.84. The monoisotopic (exact) mass is 247 g/mol. The predicted molar refractivity (Wildman–Crippen MR) is 72.1 cm³/mol. The van der Waals surface area contributed by atoms with Crippen LogP contribution < -0.4 is 10.5 Å². The van der Waals surface area contributed by atoms with Crippen LogP contribution in [0.4, 0.5) is 5.82 Å². The van der Waals surface area contributed by atoms with Crippen molar-refractivity contribution in [3.63, 3.8) is 0 Å². The summed E-state index contributed by atoms with van der Waals surface area (Å²) in [4.78, 5) is 21.6. The van der Waals surface area contributed by atoms with Crippen LogP contribution in [-0.4, -0.2) is 23.1 Å². The summed E-state index contributed by atoms with van der Waals surface area (Å²) in [5, 5.41) is 0. The number of hydrogen-bond acceptors (Lipinski definition) is 3. The number of nitrogens with one attached hydrogen (secondary N) is 1. The molecule has 2 aliphatic carbocycles. The van der Waals surface area contributed by atoms with Crippen LogP contribution in [0.1, 0.15) is 50.8 Å². The molecule has 0 radical (unpaired) electrons. The Labute approximate surface area is 107 Å². The van der Waals surface area contributed by atoms with Crippen molar-refractivity contribution in [3.05, 3.63) is 22.2 Å². The maximum Gasteiger partial charge on any atom is 0.252 e. The summed E-state index contributed by atoms with van der Waals surface area (Å²) >= 11 is 0. The van der Waals surface area contributed by atoms with E-state index < -0.39 is 0 Å². The third kappa shape index (κ3) is 2.74. The van der Waals surface area contributed by atoms with Gasteiger partial charge in [-0.25, -0.2) is 4.98 Å². The molecule has 0 atom stereocenters. The lowest BCUT2D eigenvalue weighted by atomic mass is 10.3. The van der Waals surface area contributed by atoms with E-state index in [0.29, 0.717) is 5.92 Å². The van der Waals surface area contributed by atoms with Crippen molar-refractivity contribution >= 4 is 5.82 Å². The first-order valence-corrected chi connectivity index (χ1v) is 7.12. The van der Waals surface area contributed by atoms with E-state index in [4.69, 9.17) is 0 Å². The van der Waals surface area contributed by atoms with Crippen LogP contribution in [0, 0.1) is 5.92 Å². The molecule has 0 unspecified atom stereocenters. The fourth-order valence-electron chi connectivity index (χ4n) is 2.36. The quantitative estimate of drug-likeness (QED) is 0.839. The Bertz CT molecular complexity index is 474. The van der Waals surface area contributed by atoms with Crippen molar-refractivity contribution in [2.45, 2.75) is 44.9 Å². The molecule has 18 heavy (non-hydrogen) atoms. The second-order valence-corrected chi connectivity index (χ2v) is 5.65. The molecule has 0 spiro atoms. The van der Waals surface area contributed by atoms with Gasteiger partial charge in [0.2, 0.25) is 0 Å². The van der Waals surface area contributed by atoms with E-state index in [1.165, 1.54) is 25.7 Å². The van der Waals surface area contributed by atoms with Crippen LogP contribution in [-0.2, 0) is 0 Å². The normalized spacial score (nSPS) is 18.9. The van der Waals surface area contributed by atoms with E-state index >= 15 is 0 Å². The maximum atomic E-state index is 11.7. The average molecular weight is 247 g/mol. The van der Waals surface area contributed by atoms with Crippen LogP contribution in [0.3, 0.4) is 0 Å². The third-order valence-corrected chi connectivity index (χ3v) is 3.70. The lowest BCUT2D eigenvalue weighted by molar-refractivity contribution is 0.692. The number of nitrogens with zero attached hydrogens (tertiary/aromatic N) is 2. The van der Waals surface area contributed by atoms with Crippen molar-refractivity contribution in [1.82, 2.24) is 9.97 Å². The first-order chi connectivity index (χ1) is 8.76. The maximum absolute atomic E-state index is 11.7. The minimum atomic E-state index is -0.00111. The summed E-state index contributed by atoms with van der Waals surface area (Å²) in [7, 11) is 0. The van der Waals surface area contributed by atoms with Crippen molar-refractivity contribution in [1.29, 1.82) is 0 Å². The topological polar surface area (TPSA) is 49.0 Å². The Morgan fingerprint density at radius 1 is 1.39 bits per heavy atom. The van der Waals surface area contributed by atoms with Crippen LogP contribution in [0.5, 0.6) is 0 Å². The van der Waals surface area contributed by atoms with E-state index in [-0.39, 0.29) is 5.56 Å². The molecule has 98 valence electrons. The minimum Gasteiger partial charge on any atom is -0.356 e. The van der Waals surface area contributed by atoms with Gasteiger partial charge in [-0.15, -0.1) is 0 Å². The largest absolute Gasteiger partial charge is 0.356 e. The molecular formula is C14H21N3O. The zero-order chi connectivity index (χ0) is 12.5. The van der Waals surface area contributed by atoms with Gasteiger partial charge in [0, 0.05) is 25.1 Å². The standard InChI is InChI=1S/C14H21N3O/c1-2-7-17(9-10-3-4-10)12-8-13(18)16-14(15-12)11-5-6-11/h8,10-11H,2-7,9H2,1H3,(H,15,16,18). The van der Waals surface area contributed by atoms with Gasteiger partial charge in [0.05, 0.1) is 0 Å². The van der Waals surface area contributed by atoms with Gasteiger partial charge in [0.25, 0.3) is 5.56 Å². The molecule has 2 fully saturated rings. The lowest BCUT2D eigenvalue weighted by Crippen LogP contribution is -2.29. The highest BCUT2D eigenvalue weighted by atomic mass is 16.1. The second-order valence-electron chi connectivity index (χ2n) is 5.65. The van der Waals surface area contributed by atoms with Crippen LogP contribution in [0.25, 0.3) is 0 Å². The lowest BCUT2D eigenvalue weighted by Gasteiger charge is -2.23. The minimum absolute atomic E-state index is 0.00111. The van der Waals surface area contributed by atoms with E-state index in [1.54, 1.807) is 6.07 Å². The molecule has 2 saturated carbocycles. The summed E-state index contributed by atoms with van der Waals surface area (Å²) in [6, 6.07) is 1.66. The summed E-state index contributed by atoms with van der Waals surface area (Å²) in [6.45, 7) is 4.24. The van der Waals surface area contributed by atoms with Gasteiger partial charge in [0.15, 0.2) is 0 Å². The fraction of sp³-hybridized carbons (Fsp3) is 0.714. The van der Waals surface area contributed by atoms with Gasteiger partial charge in [-0.2, -0.15) is 0 Å². The molecule has 3 rings (SSSR count). The molecule has 0 bridgehead atoms. The highest BCUT2D eigenvalue weighted by Gasteiger charge is 2.28. The van der Waals surface area contributed by atoms with E-state index in [0.717, 1.165) is 37.1 Å². The molecule has 0 aromatic carbocycles. The molecule has 1 N–H and O–H groups in total. The van der Waals surface area contributed by atoms with Crippen molar-refractivity contribution in [2.24, 2.45) is 5.92 Å². The van der Waals surface area contributed by atoms with E-state index in [2.05, 4.69) is 21.8 Å². The summed E-state index contributed by atoms with van der Waals surface area (Å²) in [5.41, 5.74) is -0.00111. The molecular weight excluding hydrogens is 226 g/mol. The van der Waals surface area contributed by atoms with E-state index in [1.807, 2.05) is 0 Å². The van der Waals surface area contributed by atoms with Gasteiger partial charge in [0.1, 0.15) is 11.6 Å². The van der Waals surface area contributed by atoms with Crippen molar-refractivity contribution in [3.8, 4) is 0 Å². The zero-order valence-corrected chi connectivity index (χ0v) is 11.0. The van der Waals surface area contributed by atoms with Crippen LogP contribution in [0.2, 0.25) is 0 Å². The Hall–Kier alpha value is -1.32. The van der Waals surface area contributed by atoms with Gasteiger partial charge in [-0.1, -0.05) is 6.92 Å². The van der Waals surface area contributed by atoms with Crippen LogP contribution >= 0.6 is 0 Å². The van der Waals surface area contributed by atoms with Gasteiger partial charge < -0.3 is 9.88 Å². The third-order valence-electron chi connectivity index (χ3n) is 3.70.